The molecule has 31 heavy (non-hydrogen) atoms. The molecule has 0 atom stereocenters. The van der Waals surface area contributed by atoms with E-state index in [0.717, 1.165) is 5.56 Å². The van der Waals surface area contributed by atoms with Crippen molar-refractivity contribution in [1.29, 1.82) is 0 Å². The highest BCUT2D eigenvalue weighted by atomic mass is 16.5. The summed E-state index contributed by atoms with van der Waals surface area (Å²) in [6.45, 7) is 1.89. The zero-order valence-corrected chi connectivity index (χ0v) is 17.5. The molecule has 6 nitrogen and oxygen atoms in total. The van der Waals surface area contributed by atoms with Gasteiger partial charge in [0.2, 0.25) is 5.88 Å². The second-order valence-corrected chi connectivity index (χ2v) is 7.01. The molecule has 1 aromatic heterocycles. The lowest BCUT2D eigenvalue weighted by molar-refractivity contribution is 0.404. The number of rotatable bonds is 5. The first kappa shape index (κ1) is 20.2. The Labute approximate surface area is 179 Å². The van der Waals surface area contributed by atoms with Gasteiger partial charge in [0.25, 0.3) is 5.56 Å². The molecule has 4 rings (SSSR count). The van der Waals surface area contributed by atoms with Crippen molar-refractivity contribution in [3.05, 3.63) is 88.2 Å². The molecule has 1 heterocycles. The molecule has 0 spiro atoms. The normalized spacial score (nSPS) is 11.2. The summed E-state index contributed by atoms with van der Waals surface area (Å²) in [7, 11) is 3.14. The van der Waals surface area contributed by atoms with Gasteiger partial charge in [0.1, 0.15) is 17.2 Å². The molecular formula is C25H22N2O4. The van der Waals surface area contributed by atoms with Crippen LogP contribution in [0.4, 0.5) is 5.69 Å². The van der Waals surface area contributed by atoms with Gasteiger partial charge in [-0.25, -0.2) is 4.57 Å². The average Bonchev–Trinajstić information content (AvgIpc) is 2.80. The van der Waals surface area contributed by atoms with Crippen molar-refractivity contribution in [2.75, 3.05) is 14.2 Å². The van der Waals surface area contributed by atoms with Crippen LogP contribution in [0.1, 0.15) is 11.1 Å². The molecule has 4 aromatic rings. The molecule has 3 aromatic carbocycles. The highest BCUT2D eigenvalue weighted by molar-refractivity contribution is 6.02. The van der Waals surface area contributed by atoms with Gasteiger partial charge in [-0.2, -0.15) is 0 Å². The Morgan fingerprint density at radius 2 is 1.65 bits per heavy atom. The SMILES string of the molecule is COc1ccc(OC)c(N=Cc2c(O)n(-c3ccccc3C)c(=O)c3ccccc23)c1. The van der Waals surface area contributed by atoms with Gasteiger partial charge in [0, 0.05) is 23.1 Å². The number of pyridine rings is 1. The van der Waals surface area contributed by atoms with Crippen molar-refractivity contribution in [2.24, 2.45) is 4.99 Å². The van der Waals surface area contributed by atoms with Crippen LogP contribution in [-0.2, 0) is 0 Å². The minimum atomic E-state index is -0.293. The van der Waals surface area contributed by atoms with Crippen LogP contribution >= 0.6 is 0 Å². The highest BCUT2D eigenvalue weighted by Gasteiger charge is 2.17. The maximum absolute atomic E-state index is 13.2. The van der Waals surface area contributed by atoms with Gasteiger partial charge >= 0.3 is 0 Å². The zero-order valence-electron chi connectivity index (χ0n) is 17.5. The number of hydrogen-bond donors (Lipinski definition) is 1. The van der Waals surface area contributed by atoms with E-state index < -0.39 is 0 Å². The Hall–Kier alpha value is -4.06. The fourth-order valence-electron chi connectivity index (χ4n) is 3.56. The number of fused-ring (bicyclic) bond motifs is 1. The summed E-state index contributed by atoms with van der Waals surface area (Å²) in [4.78, 5) is 17.8. The first-order valence-corrected chi connectivity index (χ1v) is 9.74. The largest absolute Gasteiger partial charge is 0.497 e. The van der Waals surface area contributed by atoms with E-state index >= 15 is 0 Å². The molecular weight excluding hydrogens is 392 g/mol. The number of aliphatic imine (C=N–C) groups is 1. The van der Waals surface area contributed by atoms with Crippen LogP contribution in [0.5, 0.6) is 17.4 Å². The summed E-state index contributed by atoms with van der Waals surface area (Å²) in [5.41, 5.74) is 2.16. The zero-order chi connectivity index (χ0) is 22.0. The number of hydrogen-bond acceptors (Lipinski definition) is 5. The van der Waals surface area contributed by atoms with Crippen molar-refractivity contribution >= 4 is 22.7 Å². The summed E-state index contributed by atoms with van der Waals surface area (Å²) in [6.07, 6.45) is 1.54. The maximum Gasteiger partial charge on any atom is 0.265 e. The van der Waals surface area contributed by atoms with Crippen molar-refractivity contribution in [3.8, 4) is 23.1 Å². The second kappa shape index (κ2) is 8.36. The molecule has 6 heteroatoms. The maximum atomic E-state index is 13.2. The van der Waals surface area contributed by atoms with E-state index in [1.54, 1.807) is 62.9 Å². The second-order valence-electron chi connectivity index (χ2n) is 7.01. The van der Waals surface area contributed by atoms with Crippen molar-refractivity contribution in [1.82, 2.24) is 4.57 Å². The van der Waals surface area contributed by atoms with Gasteiger partial charge in [-0.1, -0.05) is 36.4 Å². The highest BCUT2D eigenvalue weighted by Crippen LogP contribution is 2.33. The molecule has 0 saturated heterocycles. The molecule has 0 aliphatic heterocycles. The quantitative estimate of drug-likeness (QED) is 0.477. The van der Waals surface area contributed by atoms with Gasteiger partial charge in [0.05, 0.1) is 25.5 Å². The average molecular weight is 414 g/mol. The van der Waals surface area contributed by atoms with Crippen LogP contribution in [0, 0.1) is 6.92 Å². The van der Waals surface area contributed by atoms with Gasteiger partial charge < -0.3 is 14.6 Å². The van der Waals surface area contributed by atoms with Gasteiger partial charge in [-0.15, -0.1) is 0 Å². The summed E-state index contributed by atoms with van der Waals surface area (Å²) in [5.74, 6) is 1.02. The van der Waals surface area contributed by atoms with Crippen molar-refractivity contribution in [2.45, 2.75) is 6.92 Å². The third-order valence-electron chi connectivity index (χ3n) is 5.18. The first-order valence-electron chi connectivity index (χ1n) is 9.74. The summed E-state index contributed by atoms with van der Waals surface area (Å²) in [6, 6.07) is 19.9. The van der Waals surface area contributed by atoms with Crippen LogP contribution in [0.2, 0.25) is 0 Å². The summed E-state index contributed by atoms with van der Waals surface area (Å²) in [5, 5.41) is 12.3. The standard InChI is InChI=1S/C25H22N2O4/c1-16-8-4-7-11-22(16)27-24(28)19-10-6-5-9-18(19)20(25(27)29)15-26-21-14-17(30-2)12-13-23(21)31-3/h4-15,29H,1-3H3. The topological polar surface area (TPSA) is 73.0 Å². The third-order valence-corrected chi connectivity index (χ3v) is 5.18. The Bertz CT molecular complexity index is 1360. The van der Waals surface area contributed by atoms with Crippen molar-refractivity contribution < 1.29 is 14.6 Å². The fourth-order valence-corrected chi connectivity index (χ4v) is 3.56. The molecule has 0 saturated carbocycles. The fraction of sp³-hybridized carbons (Fsp3) is 0.120. The third kappa shape index (κ3) is 3.64. The van der Waals surface area contributed by atoms with Crippen LogP contribution in [-0.4, -0.2) is 30.1 Å². The molecule has 0 amide bonds. The van der Waals surface area contributed by atoms with E-state index in [1.807, 2.05) is 31.2 Å². The minimum absolute atomic E-state index is 0.177. The van der Waals surface area contributed by atoms with E-state index in [-0.39, 0.29) is 11.4 Å². The van der Waals surface area contributed by atoms with E-state index in [1.165, 1.54) is 4.57 Å². The van der Waals surface area contributed by atoms with Crippen LogP contribution < -0.4 is 15.0 Å². The Balaban J connectivity index is 1.98. The molecule has 1 N–H and O–H groups in total. The number of aromatic nitrogens is 1. The minimum Gasteiger partial charge on any atom is -0.497 e. The van der Waals surface area contributed by atoms with Gasteiger partial charge in [0.15, 0.2) is 0 Å². The molecule has 0 aliphatic carbocycles. The smallest absolute Gasteiger partial charge is 0.265 e. The number of ether oxygens (including phenoxy) is 2. The summed E-state index contributed by atoms with van der Waals surface area (Å²) >= 11 is 0. The number of nitrogens with zero attached hydrogens (tertiary/aromatic N) is 2. The molecule has 0 radical (unpaired) electrons. The monoisotopic (exact) mass is 414 g/mol. The lowest BCUT2D eigenvalue weighted by Gasteiger charge is -2.15. The number of aryl methyl sites for hydroxylation is 1. The van der Waals surface area contributed by atoms with Crippen molar-refractivity contribution in [3.63, 3.8) is 0 Å². The number of methoxy groups -OCH3 is 2. The Kier molecular flexibility index (Phi) is 5.45. The van der Waals surface area contributed by atoms with Gasteiger partial charge in [-0.3, -0.25) is 9.79 Å². The van der Waals surface area contributed by atoms with E-state index in [4.69, 9.17) is 9.47 Å². The van der Waals surface area contributed by atoms with Gasteiger partial charge in [-0.05, 0) is 36.8 Å². The lowest BCUT2D eigenvalue weighted by Crippen LogP contribution is -2.20. The molecule has 0 bridgehead atoms. The predicted octanol–water partition coefficient (Wildman–Crippen LogP) is 4.77. The molecule has 0 fully saturated rings. The number of para-hydroxylation sites is 1. The Morgan fingerprint density at radius 3 is 2.35 bits per heavy atom. The molecule has 156 valence electrons. The predicted molar refractivity (Wildman–Crippen MR) is 123 cm³/mol. The van der Waals surface area contributed by atoms with E-state index in [2.05, 4.69) is 4.99 Å². The molecule has 0 unspecified atom stereocenters. The van der Waals surface area contributed by atoms with E-state index in [0.29, 0.717) is 39.2 Å². The van der Waals surface area contributed by atoms with Crippen LogP contribution in [0.25, 0.3) is 16.5 Å². The lowest BCUT2D eigenvalue weighted by atomic mass is 10.1. The first-order chi connectivity index (χ1) is 15.0. The molecule has 0 aliphatic rings. The number of aromatic hydroxyl groups is 1. The van der Waals surface area contributed by atoms with E-state index in [9.17, 15) is 9.90 Å². The number of benzene rings is 3. The van der Waals surface area contributed by atoms with Crippen LogP contribution in [0.3, 0.4) is 0 Å². The summed E-state index contributed by atoms with van der Waals surface area (Å²) < 4.78 is 12.0. The van der Waals surface area contributed by atoms with Crippen LogP contribution in [0.15, 0.2) is 76.5 Å². The Morgan fingerprint density at radius 1 is 0.935 bits per heavy atom.